The van der Waals surface area contributed by atoms with Crippen LogP contribution in [-0.4, -0.2) is 13.0 Å². The average molecular weight is 570 g/mol. The lowest BCUT2D eigenvalue weighted by molar-refractivity contribution is -0.112. The van der Waals surface area contributed by atoms with E-state index in [1.807, 2.05) is 18.2 Å². The minimum Gasteiger partial charge on any atom is -0.493 e. The van der Waals surface area contributed by atoms with Crippen LogP contribution in [0.15, 0.2) is 66.2 Å². The number of halogens is 2. The van der Waals surface area contributed by atoms with Crippen molar-refractivity contribution < 1.29 is 14.3 Å². The van der Waals surface area contributed by atoms with E-state index in [9.17, 15) is 15.3 Å². The summed E-state index contributed by atoms with van der Waals surface area (Å²) in [6.07, 6.45) is 1.47. The number of nitriles is 2. The van der Waals surface area contributed by atoms with Crippen LogP contribution in [0.2, 0.25) is 5.02 Å². The van der Waals surface area contributed by atoms with Crippen LogP contribution in [0.25, 0.3) is 6.08 Å². The van der Waals surface area contributed by atoms with Gasteiger partial charge in [-0.2, -0.15) is 10.5 Å². The first-order chi connectivity index (χ1) is 15.9. The maximum atomic E-state index is 12.6. The van der Waals surface area contributed by atoms with Gasteiger partial charge in [0.2, 0.25) is 0 Å². The van der Waals surface area contributed by atoms with E-state index < -0.39 is 5.91 Å². The van der Waals surface area contributed by atoms with E-state index in [1.54, 1.807) is 48.5 Å². The Morgan fingerprint density at radius 1 is 1.15 bits per heavy atom. The molecule has 0 aliphatic heterocycles. The van der Waals surface area contributed by atoms with E-state index in [4.69, 9.17) is 21.1 Å². The van der Waals surface area contributed by atoms with Crippen LogP contribution in [-0.2, 0) is 11.4 Å². The summed E-state index contributed by atoms with van der Waals surface area (Å²) in [5, 5.41) is 21.9. The fourth-order valence-corrected chi connectivity index (χ4v) is 3.92. The lowest BCUT2D eigenvalue weighted by Crippen LogP contribution is -2.13. The van der Waals surface area contributed by atoms with Crippen LogP contribution in [0, 0.1) is 26.2 Å². The molecule has 3 aromatic carbocycles. The monoisotopic (exact) mass is 569 g/mol. The van der Waals surface area contributed by atoms with Crippen molar-refractivity contribution in [3.8, 4) is 23.6 Å². The molecule has 1 amide bonds. The van der Waals surface area contributed by atoms with Crippen LogP contribution >= 0.6 is 34.2 Å². The summed E-state index contributed by atoms with van der Waals surface area (Å²) < 4.78 is 12.1. The second-order valence-electron chi connectivity index (χ2n) is 6.73. The number of carbonyl (C=O) groups is 1. The average Bonchev–Trinajstić information content (AvgIpc) is 2.81. The Balaban J connectivity index is 1.84. The number of ether oxygens (including phenoxy) is 2. The van der Waals surface area contributed by atoms with Gasteiger partial charge >= 0.3 is 0 Å². The van der Waals surface area contributed by atoms with Gasteiger partial charge in [0, 0.05) is 16.3 Å². The highest BCUT2D eigenvalue weighted by Gasteiger charge is 2.15. The van der Waals surface area contributed by atoms with Crippen molar-refractivity contribution in [3.63, 3.8) is 0 Å². The standard InChI is InChI=1S/C25H17ClIN3O3/c1-32-23-11-16(9-19(14-29)25(31)30-21-8-4-7-20(26)12-21)10-22(27)24(23)33-15-18-6-3-2-5-17(18)13-28/h2-12H,15H2,1H3,(H,30,31)/b19-9+. The summed E-state index contributed by atoms with van der Waals surface area (Å²) in [5.41, 5.74) is 2.30. The van der Waals surface area contributed by atoms with E-state index in [1.165, 1.54) is 13.2 Å². The van der Waals surface area contributed by atoms with Gasteiger partial charge in [0.1, 0.15) is 18.2 Å². The molecule has 8 heteroatoms. The zero-order chi connectivity index (χ0) is 23.8. The first-order valence-electron chi connectivity index (χ1n) is 9.62. The number of anilines is 1. The van der Waals surface area contributed by atoms with E-state index in [2.05, 4.69) is 34.0 Å². The number of nitrogens with zero attached hydrogens (tertiary/aromatic N) is 2. The highest BCUT2D eigenvalue weighted by atomic mass is 127. The molecule has 0 aliphatic rings. The molecular weight excluding hydrogens is 553 g/mol. The molecule has 0 unspecified atom stereocenters. The number of methoxy groups -OCH3 is 1. The topological polar surface area (TPSA) is 95.1 Å². The van der Waals surface area contributed by atoms with Crippen LogP contribution in [0.3, 0.4) is 0 Å². The van der Waals surface area contributed by atoms with Crippen LogP contribution in [0.1, 0.15) is 16.7 Å². The number of hydrogen-bond donors (Lipinski definition) is 1. The minimum absolute atomic E-state index is 0.0792. The maximum absolute atomic E-state index is 12.6. The molecule has 33 heavy (non-hydrogen) atoms. The van der Waals surface area contributed by atoms with Gasteiger partial charge in [0.25, 0.3) is 5.91 Å². The quantitative estimate of drug-likeness (QED) is 0.216. The van der Waals surface area contributed by atoms with E-state index >= 15 is 0 Å². The molecule has 0 saturated carbocycles. The molecule has 164 valence electrons. The largest absolute Gasteiger partial charge is 0.493 e. The smallest absolute Gasteiger partial charge is 0.266 e. The molecule has 0 heterocycles. The van der Waals surface area contributed by atoms with Crippen molar-refractivity contribution in [2.75, 3.05) is 12.4 Å². The highest BCUT2D eigenvalue weighted by molar-refractivity contribution is 14.1. The number of amides is 1. The lowest BCUT2D eigenvalue weighted by atomic mass is 10.1. The summed E-state index contributed by atoms with van der Waals surface area (Å²) in [6.45, 7) is 0.191. The third kappa shape index (κ3) is 6.26. The molecular formula is C25H17ClIN3O3. The van der Waals surface area contributed by atoms with Crippen molar-refractivity contribution in [1.29, 1.82) is 10.5 Å². The number of nitrogens with one attached hydrogen (secondary N) is 1. The Labute approximate surface area is 210 Å². The summed E-state index contributed by atoms with van der Waals surface area (Å²) in [7, 11) is 1.51. The molecule has 6 nitrogen and oxygen atoms in total. The Morgan fingerprint density at radius 3 is 2.64 bits per heavy atom. The lowest BCUT2D eigenvalue weighted by Gasteiger charge is -2.14. The number of carbonyl (C=O) groups excluding carboxylic acids is 1. The SMILES string of the molecule is COc1cc(/C=C(\C#N)C(=O)Nc2cccc(Cl)c2)cc(I)c1OCc1ccccc1C#N. The van der Waals surface area contributed by atoms with E-state index in [0.29, 0.717) is 33.3 Å². The fraction of sp³-hybridized carbons (Fsp3) is 0.0800. The molecule has 0 spiro atoms. The van der Waals surface area contributed by atoms with Gasteiger partial charge in [-0.3, -0.25) is 4.79 Å². The third-order valence-corrected chi connectivity index (χ3v) is 5.56. The molecule has 0 aliphatic carbocycles. The summed E-state index contributed by atoms with van der Waals surface area (Å²) >= 11 is 8.04. The Hall–Kier alpha value is -3.53. The van der Waals surface area contributed by atoms with Crippen molar-refractivity contribution in [1.82, 2.24) is 0 Å². The fourth-order valence-electron chi connectivity index (χ4n) is 2.95. The first-order valence-corrected chi connectivity index (χ1v) is 11.1. The molecule has 1 N–H and O–H groups in total. The molecule has 0 fully saturated rings. The third-order valence-electron chi connectivity index (χ3n) is 4.52. The highest BCUT2D eigenvalue weighted by Crippen LogP contribution is 2.35. The van der Waals surface area contributed by atoms with Gasteiger partial charge in [-0.25, -0.2) is 0 Å². The van der Waals surface area contributed by atoms with Gasteiger partial charge in [-0.1, -0.05) is 35.9 Å². The second kappa shape index (κ2) is 11.4. The van der Waals surface area contributed by atoms with E-state index in [0.717, 1.165) is 9.13 Å². The molecule has 0 saturated heterocycles. The number of hydrogen-bond acceptors (Lipinski definition) is 5. The molecule has 0 aromatic heterocycles. The zero-order valence-corrected chi connectivity index (χ0v) is 20.3. The van der Waals surface area contributed by atoms with E-state index in [-0.39, 0.29) is 12.2 Å². The molecule has 0 radical (unpaired) electrons. The first kappa shape index (κ1) is 24.1. The second-order valence-corrected chi connectivity index (χ2v) is 8.32. The zero-order valence-electron chi connectivity index (χ0n) is 17.4. The Kier molecular flexibility index (Phi) is 8.31. The van der Waals surface area contributed by atoms with Gasteiger partial charge < -0.3 is 14.8 Å². The van der Waals surface area contributed by atoms with Crippen molar-refractivity contribution in [3.05, 3.63) is 91.5 Å². The maximum Gasteiger partial charge on any atom is 0.266 e. The van der Waals surface area contributed by atoms with Crippen molar-refractivity contribution >= 4 is 51.9 Å². The normalized spacial score (nSPS) is 10.6. The van der Waals surface area contributed by atoms with Crippen molar-refractivity contribution in [2.24, 2.45) is 0 Å². The molecule has 0 atom stereocenters. The minimum atomic E-state index is -0.554. The van der Waals surface area contributed by atoms with Gasteiger partial charge in [0.15, 0.2) is 11.5 Å². The molecule has 3 rings (SSSR count). The Morgan fingerprint density at radius 2 is 1.94 bits per heavy atom. The van der Waals surface area contributed by atoms with Gasteiger partial charge in [-0.05, 0) is 70.6 Å². The number of rotatable bonds is 7. The summed E-state index contributed by atoms with van der Waals surface area (Å²) in [6, 6.07) is 21.4. The predicted molar refractivity (Wildman–Crippen MR) is 135 cm³/mol. The molecule has 3 aromatic rings. The van der Waals surface area contributed by atoms with Crippen LogP contribution in [0.4, 0.5) is 5.69 Å². The van der Waals surface area contributed by atoms with Gasteiger partial charge in [-0.15, -0.1) is 0 Å². The van der Waals surface area contributed by atoms with Crippen LogP contribution < -0.4 is 14.8 Å². The number of benzene rings is 3. The Bertz CT molecular complexity index is 1310. The molecule has 0 bridgehead atoms. The predicted octanol–water partition coefficient (Wildman–Crippen LogP) is 5.95. The van der Waals surface area contributed by atoms with Crippen LogP contribution in [0.5, 0.6) is 11.5 Å². The van der Waals surface area contributed by atoms with Crippen molar-refractivity contribution in [2.45, 2.75) is 6.61 Å². The summed E-state index contributed by atoms with van der Waals surface area (Å²) in [5.74, 6) is 0.391. The van der Waals surface area contributed by atoms with Gasteiger partial charge in [0.05, 0.1) is 22.3 Å². The summed E-state index contributed by atoms with van der Waals surface area (Å²) in [4.78, 5) is 12.6.